The fraction of sp³-hybridized carbons (Fsp3) is 0.909. The van der Waals surface area contributed by atoms with E-state index in [0.717, 1.165) is 0 Å². The van der Waals surface area contributed by atoms with Crippen LogP contribution in [0.25, 0.3) is 0 Å². The van der Waals surface area contributed by atoms with Crippen LogP contribution in [0.4, 0.5) is 0 Å². The van der Waals surface area contributed by atoms with E-state index in [1.54, 1.807) is 0 Å². The molecule has 0 saturated carbocycles. The number of hydrogen-bond donors (Lipinski definition) is 0. The summed E-state index contributed by atoms with van der Waals surface area (Å²) in [6.07, 6.45) is 0.457. The van der Waals surface area contributed by atoms with E-state index in [1.165, 1.54) is 11.4 Å². The average molecular weight is 265 g/mol. The number of hydrogen-bond acceptors (Lipinski definition) is 4. The lowest BCUT2D eigenvalue weighted by Crippen LogP contribution is -2.35. The third kappa shape index (κ3) is 6.63. The summed E-state index contributed by atoms with van der Waals surface area (Å²) in [5, 5.41) is 0. The van der Waals surface area contributed by atoms with Crippen molar-refractivity contribution in [2.24, 2.45) is 5.92 Å². The van der Waals surface area contributed by atoms with Crippen molar-refractivity contribution in [3.8, 4) is 0 Å². The molecule has 6 heteroatoms. The molecule has 0 aromatic rings. The molecule has 17 heavy (non-hydrogen) atoms. The quantitative estimate of drug-likeness (QED) is 0.620. The Kier molecular flexibility index (Phi) is 7.38. The number of esters is 1. The fourth-order valence-corrected chi connectivity index (χ4v) is 3.16. The van der Waals surface area contributed by atoms with Crippen molar-refractivity contribution in [1.82, 2.24) is 4.31 Å². The molecule has 0 radical (unpaired) electrons. The maximum atomic E-state index is 11.9. The SMILES string of the molecule is CCN(CC(C)C)S(=O)(=O)CCCC(=O)OC. The molecule has 0 heterocycles. The molecular weight excluding hydrogens is 242 g/mol. The van der Waals surface area contributed by atoms with Gasteiger partial charge in [-0.2, -0.15) is 0 Å². The molecule has 0 fully saturated rings. The van der Waals surface area contributed by atoms with E-state index in [-0.39, 0.29) is 18.1 Å². The average Bonchev–Trinajstić information content (AvgIpc) is 2.24. The van der Waals surface area contributed by atoms with Crippen LogP contribution in [0.5, 0.6) is 0 Å². The Bertz CT molecular complexity index is 324. The van der Waals surface area contributed by atoms with Gasteiger partial charge in [-0.1, -0.05) is 20.8 Å². The highest BCUT2D eigenvalue weighted by Crippen LogP contribution is 2.08. The van der Waals surface area contributed by atoms with Crippen LogP contribution in [0.3, 0.4) is 0 Å². The molecule has 0 saturated heterocycles. The van der Waals surface area contributed by atoms with Crippen LogP contribution in [0.1, 0.15) is 33.6 Å². The number of nitrogens with zero attached hydrogens (tertiary/aromatic N) is 1. The molecule has 0 aliphatic rings. The van der Waals surface area contributed by atoms with Gasteiger partial charge in [0.15, 0.2) is 0 Å². The van der Waals surface area contributed by atoms with Crippen LogP contribution in [-0.2, 0) is 19.6 Å². The zero-order valence-electron chi connectivity index (χ0n) is 11.1. The van der Waals surface area contributed by atoms with Gasteiger partial charge in [0.25, 0.3) is 0 Å². The number of methoxy groups -OCH3 is 1. The first-order chi connectivity index (χ1) is 7.83. The minimum atomic E-state index is -3.25. The Morgan fingerprint density at radius 2 is 1.94 bits per heavy atom. The number of sulfonamides is 1. The van der Waals surface area contributed by atoms with Crippen LogP contribution in [0.2, 0.25) is 0 Å². The maximum absolute atomic E-state index is 11.9. The first kappa shape index (κ1) is 16.4. The number of carbonyl (C=O) groups is 1. The van der Waals surface area contributed by atoms with Gasteiger partial charge in [0, 0.05) is 19.5 Å². The summed E-state index contributed by atoms with van der Waals surface area (Å²) < 4.78 is 29.8. The van der Waals surface area contributed by atoms with Crippen molar-refractivity contribution in [3.05, 3.63) is 0 Å². The van der Waals surface area contributed by atoms with Crippen LogP contribution in [0.15, 0.2) is 0 Å². The molecule has 0 aliphatic carbocycles. The monoisotopic (exact) mass is 265 g/mol. The highest BCUT2D eigenvalue weighted by atomic mass is 32.2. The summed E-state index contributed by atoms with van der Waals surface area (Å²) in [6, 6.07) is 0. The summed E-state index contributed by atoms with van der Waals surface area (Å²) >= 11 is 0. The molecule has 0 atom stereocenters. The molecule has 0 spiro atoms. The van der Waals surface area contributed by atoms with Gasteiger partial charge in [-0.25, -0.2) is 12.7 Å². The molecule has 5 nitrogen and oxygen atoms in total. The Hall–Kier alpha value is -0.620. The highest BCUT2D eigenvalue weighted by Gasteiger charge is 2.21. The van der Waals surface area contributed by atoms with Crippen molar-refractivity contribution in [3.63, 3.8) is 0 Å². The van der Waals surface area contributed by atoms with Crippen LogP contribution in [0, 0.1) is 5.92 Å². The molecule has 0 aliphatic heterocycles. The number of rotatable bonds is 8. The van der Waals surface area contributed by atoms with Crippen molar-refractivity contribution in [2.75, 3.05) is 26.0 Å². The summed E-state index contributed by atoms with van der Waals surface area (Å²) in [4.78, 5) is 10.9. The fourth-order valence-electron chi connectivity index (χ4n) is 1.48. The molecule has 102 valence electrons. The Morgan fingerprint density at radius 3 is 2.35 bits per heavy atom. The van der Waals surface area contributed by atoms with Gasteiger partial charge >= 0.3 is 5.97 Å². The lowest BCUT2D eigenvalue weighted by atomic mass is 10.2. The lowest BCUT2D eigenvalue weighted by molar-refractivity contribution is -0.140. The summed E-state index contributed by atoms with van der Waals surface area (Å²) in [5.41, 5.74) is 0. The van der Waals surface area contributed by atoms with Gasteiger partial charge in [-0.3, -0.25) is 4.79 Å². The van der Waals surface area contributed by atoms with E-state index in [0.29, 0.717) is 25.4 Å². The number of carbonyl (C=O) groups excluding carboxylic acids is 1. The standard InChI is InChI=1S/C11H23NO4S/c1-5-12(9-10(2)3)17(14,15)8-6-7-11(13)16-4/h10H,5-9H2,1-4H3. The minimum absolute atomic E-state index is 0.00264. The molecular formula is C11H23NO4S. The van der Waals surface area contributed by atoms with Gasteiger partial charge in [-0.15, -0.1) is 0 Å². The third-order valence-electron chi connectivity index (χ3n) is 2.33. The molecule has 0 rings (SSSR count). The van der Waals surface area contributed by atoms with Gasteiger partial charge in [0.1, 0.15) is 0 Å². The van der Waals surface area contributed by atoms with Crippen LogP contribution in [-0.4, -0.2) is 44.6 Å². The summed E-state index contributed by atoms with van der Waals surface area (Å²) in [7, 11) is -1.95. The summed E-state index contributed by atoms with van der Waals surface area (Å²) in [6.45, 7) is 6.77. The van der Waals surface area contributed by atoms with Crippen LogP contribution < -0.4 is 0 Å². The smallest absolute Gasteiger partial charge is 0.305 e. The van der Waals surface area contributed by atoms with E-state index in [2.05, 4.69) is 4.74 Å². The lowest BCUT2D eigenvalue weighted by Gasteiger charge is -2.22. The van der Waals surface area contributed by atoms with Gasteiger partial charge in [0.05, 0.1) is 12.9 Å². The van der Waals surface area contributed by atoms with Crippen LogP contribution >= 0.6 is 0 Å². The second kappa shape index (κ2) is 7.66. The molecule has 0 bridgehead atoms. The van der Waals surface area contributed by atoms with Crippen molar-refractivity contribution >= 4 is 16.0 Å². The Morgan fingerprint density at radius 1 is 1.35 bits per heavy atom. The zero-order valence-corrected chi connectivity index (χ0v) is 11.9. The molecule has 0 unspecified atom stereocenters. The predicted molar refractivity (Wildman–Crippen MR) is 67.1 cm³/mol. The van der Waals surface area contributed by atoms with Gasteiger partial charge < -0.3 is 4.74 Å². The number of ether oxygens (including phenoxy) is 1. The molecule has 0 aromatic heterocycles. The van der Waals surface area contributed by atoms with Gasteiger partial charge in [0.2, 0.25) is 10.0 Å². The first-order valence-corrected chi connectivity index (χ1v) is 7.49. The van der Waals surface area contributed by atoms with Crippen molar-refractivity contribution < 1.29 is 17.9 Å². The van der Waals surface area contributed by atoms with E-state index >= 15 is 0 Å². The maximum Gasteiger partial charge on any atom is 0.305 e. The topological polar surface area (TPSA) is 63.7 Å². The highest BCUT2D eigenvalue weighted by molar-refractivity contribution is 7.89. The van der Waals surface area contributed by atoms with Crippen molar-refractivity contribution in [2.45, 2.75) is 33.6 Å². The van der Waals surface area contributed by atoms with E-state index in [1.807, 2.05) is 20.8 Å². The predicted octanol–water partition coefficient (Wildman–Crippen LogP) is 1.25. The second-order valence-corrected chi connectivity index (χ2v) is 6.43. The minimum Gasteiger partial charge on any atom is -0.469 e. The molecule has 0 N–H and O–H groups in total. The van der Waals surface area contributed by atoms with E-state index in [4.69, 9.17) is 0 Å². The normalized spacial score (nSPS) is 12.1. The van der Waals surface area contributed by atoms with E-state index < -0.39 is 10.0 Å². The van der Waals surface area contributed by atoms with E-state index in [9.17, 15) is 13.2 Å². The molecule has 0 aromatic carbocycles. The first-order valence-electron chi connectivity index (χ1n) is 5.88. The van der Waals surface area contributed by atoms with Crippen molar-refractivity contribution in [1.29, 1.82) is 0 Å². The van der Waals surface area contributed by atoms with Gasteiger partial charge in [-0.05, 0) is 12.3 Å². The Balaban J connectivity index is 4.29. The second-order valence-electron chi connectivity index (χ2n) is 4.34. The Labute approximate surface area is 104 Å². The largest absolute Gasteiger partial charge is 0.469 e. The molecule has 0 amide bonds. The zero-order chi connectivity index (χ0) is 13.5. The third-order valence-corrected chi connectivity index (χ3v) is 4.32. The summed E-state index contributed by atoms with van der Waals surface area (Å²) in [5.74, 6) is -0.0692.